The minimum atomic E-state index is -0.378. The van der Waals surface area contributed by atoms with Crippen LogP contribution in [0, 0.1) is 5.82 Å². The fraction of sp³-hybridized carbons (Fsp3) is 0.227. The van der Waals surface area contributed by atoms with Crippen molar-refractivity contribution >= 4 is 34.3 Å². The molecule has 1 saturated heterocycles. The Morgan fingerprint density at radius 3 is 2.61 bits per heavy atom. The van der Waals surface area contributed by atoms with Crippen molar-refractivity contribution < 1.29 is 8.81 Å². The highest BCUT2D eigenvalue weighted by atomic mass is 35.5. The molecule has 0 atom stereocenters. The number of likely N-dealkylation sites (tertiary alicyclic amines) is 1. The molecule has 28 heavy (non-hydrogen) atoms. The molecule has 144 valence electrons. The molecule has 6 heteroatoms. The highest BCUT2D eigenvalue weighted by Crippen LogP contribution is 2.27. The highest BCUT2D eigenvalue weighted by Gasteiger charge is 2.18. The molecule has 0 amide bonds. The average molecular weight is 399 g/mol. The lowest BCUT2D eigenvalue weighted by Gasteiger charge is -2.32. The molecule has 2 heterocycles. The lowest BCUT2D eigenvalue weighted by molar-refractivity contribution is 0.295. The number of benzene rings is 2. The first-order chi connectivity index (χ1) is 13.6. The van der Waals surface area contributed by atoms with Crippen molar-refractivity contribution in [2.75, 3.05) is 18.4 Å². The quantitative estimate of drug-likeness (QED) is 0.618. The topological polar surface area (TPSA) is 45.5 Å². The molecule has 0 spiro atoms. The highest BCUT2D eigenvalue weighted by molar-refractivity contribution is 6.31. The van der Waals surface area contributed by atoms with E-state index < -0.39 is 0 Å². The molecule has 1 aliphatic heterocycles. The number of hydrogen-bond donors (Lipinski definition) is 1. The van der Waals surface area contributed by atoms with Crippen LogP contribution in [0.25, 0.3) is 17.0 Å². The van der Waals surface area contributed by atoms with Gasteiger partial charge in [-0.1, -0.05) is 23.7 Å². The maximum Gasteiger partial charge on any atom is 0.338 e. The molecule has 0 saturated carbocycles. The summed E-state index contributed by atoms with van der Waals surface area (Å²) in [6.45, 7) is 1.80. The van der Waals surface area contributed by atoms with Crippen LogP contribution in [0.2, 0.25) is 5.02 Å². The van der Waals surface area contributed by atoms with E-state index in [1.165, 1.54) is 18.2 Å². The number of rotatable bonds is 4. The van der Waals surface area contributed by atoms with Gasteiger partial charge in [0.2, 0.25) is 0 Å². The molecular formula is C22H20ClFN2O2. The summed E-state index contributed by atoms with van der Waals surface area (Å²) in [5, 5.41) is 4.89. The Balaban J connectivity index is 1.41. The van der Waals surface area contributed by atoms with Gasteiger partial charge in [0.15, 0.2) is 0 Å². The molecule has 1 fully saturated rings. The molecule has 0 aliphatic carbocycles. The summed E-state index contributed by atoms with van der Waals surface area (Å²) in [5.41, 5.74) is 1.88. The van der Waals surface area contributed by atoms with Crippen LogP contribution < -0.4 is 10.9 Å². The Kier molecular flexibility index (Phi) is 5.35. The van der Waals surface area contributed by atoms with E-state index in [1.807, 2.05) is 12.1 Å². The largest absolute Gasteiger partial charge is 0.423 e. The molecule has 1 aliphatic rings. The molecule has 0 radical (unpaired) electrons. The average Bonchev–Trinajstić information content (AvgIpc) is 2.69. The predicted molar refractivity (Wildman–Crippen MR) is 111 cm³/mol. The van der Waals surface area contributed by atoms with Crippen molar-refractivity contribution in [3.05, 3.63) is 81.6 Å². The Morgan fingerprint density at radius 2 is 1.86 bits per heavy atom. The third kappa shape index (κ3) is 4.37. The smallest absolute Gasteiger partial charge is 0.338 e. The summed E-state index contributed by atoms with van der Waals surface area (Å²) >= 11 is 6.10. The number of hydrogen-bond acceptors (Lipinski definition) is 4. The Labute approximate surface area is 167 Å². The van der Waals surface area contributed by atoms with Crippen molar-refractivity contribution in [1.82, 2.24) is 4.90 Å². The van der Waals surface area contributed by atoms with Crippen molar-refractivity contribution in [2.24, 2.45) is 0 Å². The first-order valence-electron chi connectivity index (χ1n) is 9.24. The van der Waals surface area contributed by atoms with E-state index in [1.54, 1.807) is 24.3 Å². The number of halogens is 2. The van der Waals surface area contributed by atoms with Crippen LogP contribution in [-0.4, -0.2) is 24.0 Å². The first kappa shape index (κ1) is 18.6. The molecule has 2 aromatic carbocycles. The van der Waals surface area contributed by atoms with Crippen LogP contribution in [0.15, 0.2) is 63.9 Å². The second-order valence-corrected chi connectivity index (χ2v) is 7.38. The summed E-state index contributed by atoms with van der Waals surface area (Å²) in [7, 11) is 0. The van der Waals surface area contributed by atoms with Gasteiger partial charge >= 0.3 is 5.63 Å². The van der Waals surface area contributed by atoms with Crippen LogP contribution in [-0.2, 0) is 0 Å². The number of nitrogens with one attached hydrogen (secondary N) is 1. The second-order valence-electron chi connectivity index (χ2n) is 6.94. The fourth-order valence-corrected chi connectivity index (χ4v) is 3.60. The minimum Gasteiger partial charge on any atom is -0.423 e. The number of piperidine rings is 1. The van der Waals surface area contributed by atoms with Crippen molar-refractivity contribution in [2.45, 2.75) is 18.9 Å². The molecular weight excluding hydrogens is 379 g/mol. The maximum absolute atomic E-state index is 13.0. The zero-order chi connectivity index (χ0) is 19.5. The van der Waals surface area contributed by atoms with E-state index >= 15 is 0 Å². The van der Waals surface area contributed by atoms with E-state index in [0.717, 1.165) is 42.6 Å². The third-order valence-electron chi connectivity index (χ3n) is 4.94. The molecule has 3 aromatic rings. The fourth-order valence-electron chi connectivity index (χ4n) is 3.43. The summed E-state index contributed by atoms with van der Waals surface area (Å²) in [5.74, 6) is -0.229. The lowest BCUT2D eigenvalue weighted by Crippen LogP contribution is -2.36. The third-order valence-corrected chi connectivity index (χ3v) is 5.18. The van der Waals surface area contributed by atoms with Crippen molar-refractivity contribution in [3.63, 3.8) is 0 Å². The standard InChI is InChI=1S/C22H20ClFN2O2/c23-16-3-6-21-19(13-16)20(14-22(27)28-21)25-18-8-11-26(12-9-18)10-7-15-1-4-17(24)5-2-15/h1-7,10,13-14,18,25H,8-9,11-12H2/b10-7+. The zero-order valence-corrected chi connectivity index (χ0v) is 16.0. The van der Waals surface area contributed by atoms with E-state index in [2.05, 4.69) is 16.4 Å². The first-order valence-corrected chi connectivity index (χ1v) is 9.62. The van der Waals surface area contributed by atoms with E-state index in [-0.39, 0.29) is 17.5 Å². The lowest BCUT2D eigenvalue weighted by atomic mass is 10.0. The minimum absolute atomic E-state index is 0.229. The van der Waals surface area contributed by atoms with Gasteiger partial charge < -0.3 is 14.6 Å². The van der Waals surface area contributed by atoms with Crippen LogP contribution in [0.4, 0.5) is 10.1 Å². The van der Waals surface area contributed by atoms with Crippen LogP contribution in [0.1, 0.15) is 18.4 Å². The van der Waals surface area contributed by atoms with E-state index in [9.17, 15) is 9.18 Å². The number of anilines is 1. The van der Waals surface area contributed by atoms with Crippen molar-refractivity contribution in [1.29, 1.82) is 0 Å². The van der Waals surface area contributed by atoms with E-state index in [0.29, 0.717) is 10.6 Å². The van der Waals surface area contributed by atoms with Gasteiger partial charge in [-0.25, -0.2) is 9.18 Å². The molecule has 0 unspecified atom stereocenters. The molecule has 1 aromatic heterocycles. The van der Waals surface area contributed by atoms with E-state index in [4.69, 9.17) is 16.0 Å². The van der Waals surface area contributed by atoms with Crippen molar-refractivity contribution in [3.8, 4) is 0 Å². The van der Waals surface area contributed by atoms with Gasteiger partial charge in [0.05, 0.1) is 5.69 Å². The number of fused-ring (bicyclic) bond motifs is 1. The second kappa shape index (κ2) is 8.07. The van der Waals surface area contributed by atoms with Gasteiger partial charge in [0, 0.05) is 35.6 Å². The van der Waals surface area contributed by atoms with Gasteiger partial charge in [0.1, 0.15) is 11.4 Å². The molecule has 1 N–H and O–H groups in total. The molecule has 4 nitrogen and oxygen atoms in total. The Hall–Kier alpha value is -2.79. The zero-order valence-electron chi connectivity index (χ0n) is 15.2. The van der Waals surface area contributed by atoms with Crippen LogP contribution >= 0.6 is 11.6 Å². The maximum atomic E-state index is 13.0. The number of nitrogens with zero attached hydrogens (tertiary/aromatic N) is 1. The van der Waals surface area contributed by atoms with Gasteiger partial charge in [-0.3, -0.25) is 0 Å². The summed E-state index contributed by atoms with van der Waals surface area (Å²) in [6.07, 6.45) is 5.92. The summed E-state index contributed by atoms with van der Waals surface area (Å²) in [6, 6.07) is 13.4. The Morgan fingerprint density at radius 1 is 1.11 bits per heavy atom. The van der Waals surface area contributed by atoms with Gasteiger partial charge in [-0.05, 0) is 61.0 Å². The van der Waals surface area contributed by atoms with Gasteiger partial charge in [0.25, 0.3) is 0 Å². The molecule has 4 rings (SSSR count). The summed E-state index contributed by atoms with van der Waals surface area (Å²) in [4.78, 5) is 14.1. The van der Waals surface area contributed by atoms with Crippen LogP contribution in [0.5, 0.6) is 0 Å². The normalized spacial score (nSPS) is 15.4. The predicted octanol–water partition coefficient (Wildman–Crippen LogP) is 5.13. The van der Waals surface area contributed by atoms with Crippen LogP contribution in [0.3, 0.4) is 0 Å². The van der Waals surface area contributed by atoms with Gasteiger partial charge in [-0.2, -0.15) is 0 Å². The van der Waals surface area contributed by atoms with Gasteiger partial charge in [-0.15, -0.1) is 0 Å². The Bertz CT molecular complexity index is 1050. The summed E-state index contributed by atoms with van der Waals surface area (Å²) < 4.78 is 18.2. The SMILES string of the molecule is O=c1cc(NC2CCN(/C=C/c3ccc(F)cc3)CC2)c2cc(Cl)ccc2o1. The monoisotopic (exact) mass is 398 g/mol. The molecule has 0 bridgehead atoms.